The maximum Gasteiger partial charge on any atom is 0.0239 e. The number of hydrogen-bond acceptors (Lipinski definition) is 2. The van der Waals surface area contributed by atoms with Crippen LogP contribution in [0.15, 0.2) is 24.3 Å². The summed E-state index contributed by atoms with van der Waals surface area (Å²) in [5.74, 6) is 0. The zero-order valence-corrected chi connectivity index (χ0v) is 12.5. The van der Waals surface area contributed by atoms with Gasteiger partial charge in [0.05, 0.1) is 0 Å². The lowest BCUT2D eigenvalue weighted by Gasteiger charge is -2.35. The first kappa shape index (κ1) is 14.5. The van der Waals surface area contributed by atoms with Crippen molar-refractivity contribution < 1.29 is 0 Å². The summed E-state index contributed by atoms with van der Waals surface area (Å²) < 4.78 is 0. The van der Waals surface area contributed by atoms with Gasteiger partial charge in [0.25, 0.3) is 0 Å². The van der Waals surface area contributed by atoms with Crippen molar-refractivity contribution in [2.75, 3.05) is 19.6 Å². The lowest BCUT2D eigenvalue weighted by atomic mass is 10.0. The number of nitrogens with one attached hydrogen (secondary N) is 1. The van der Waals surface area contributed by atoms with Gasteiger partial charge in [-0.15, -0.1) is 0 Å². The van der Waals surface area contributed by atoms with Gasteiger partial charge in [-0.3, -0.25) is 4.90 Å². The first-order valence-corrected chi connectivity index (χ1v) is 7.86. The van der Waals surface area contributed by atoms with Gasteiger partial charge in [-0.05, 0) is 49.9 Å². The molecule has 0 amide bonds. The van der Waals surface area contributed by atoms with Crippen LogP contribution in [0.4, 0.5) is 0 Å². The summed E-state index contributed by atoms with van der Waals surface area (Å²) >= 11 is 0. The summed E-state index contributed by atoms with van der Waals surface area (Å²) in [4.78, 5) is 2.68. The van der Waals surface area contributed by atoms with Crippen molar-refractivity contribution in [1.82, 2.24) is 10.2 Å². The van der Waals surface area contributed by atoms with Gasteiger partial charge in [-0.25, -0.2) is 0 Å². The van der Waals surface area contributed by atoms with Crippen molar-refractivity contribution in [3.05, 3.63) is 35.4 Å². The third-order valence-corrected chi connectivity index (χ3v) is 4.17. The Morgan fingerprint density at radius 3 is 2.63 bits per heavy atom. The minimum absolute atomic E-state index is 0.721. The molecule has 0 aliphatic carbocycles. The van der Waals surface area contributed by atoms with Crippen molar-refractivity contribution in [2.24, 2.45) is 0 Å². The number of nitrogens with zero attached hydrogens (tertiary/aromatic N) is 1. The molecule has 1 aliphatic heterocycles. The Bertz CT molecular complexity index is 369. The monoisotopic (exact) mass is 260 g/mol. The van der Waals surface area contributed by atoms with E-state index in [1.54, 1.807) is 0 Å². The Hall–Kier alpha value is -0.860. The van der Waals surface area contributed by atoms with E-state index in [1.165, 1.54) is 43.5 Å². The molecule has 1 fully saturated rings. The molecule has 1 aromatic carbocycles. The minimum atomic E-state index is 0.721. The summed E-state index contributed by atoms with van der Waals surface area (Å²) in [6.45, 7) is 9.23. The average molecular weight is 260 g/mol. The maximum atomic E-state index is 3.55. The van der Waals surface area contributed by atoms with Crippen LogP contribution in [-0.2, 0) is 13.0 Å². The van der Waals surface area contributed by atoms with Crippen LogP contribution >= 0.6 is 0 Å². The van der Waals surface area contributed by atoms with Gasteiger partial charge in [0.2, 0.25) is 0 Å². The minimum Gasteiger partial charge on any atom is -0.315 e. The highest BCUT2D eigenvalue weighted by molar-refractivity contribution is 5.27. The largest absolute Gasteiger partial charge is 0.315 e. The fourth-order valence-corrected chi connectivity index (χ4v) is 3.10. The molecular formula is C17H28N2. The molecule has 1 atom stereocenters. The van der Waals surface area contributed by atoms with Crippen LogP contribution < -0.4 is 5.32 Å². The van der Waals surface area contributed by atoms with Gasteiger partial charge in [0, 0.05) is 19.1 Å². The standard InChI is InChI=1S/C17H28N2/c1-3-12-19(17-10-7-11-18-13-17)14-16-9-6-5-8-15(16)4-2/h5-6,8-9,17-18H,3-4,7,10-14H2,1-2H3. The van der Waals surface area contributed by atoms with Crippen LogP contribution in [-0.4, -0.2) is 30.6 Å². The Morgan fingerprint density at radius 1 is 1.21 bits per heavy atom. The van der Waals surface area contributed by atoms with Gasteiger partial charge in [-0.1, -0.05) is 38.1 Å². The number of benzene rings is 1. The summed E-state index contributed by atoms with van der Waals surface area (Å²) in [5.41, 5.74) is 3.02. The lowest BCUT2D eigenvalue weighted by Crippen LogP contribution is -2.46. The molecule has 1 aliphatic rings. The summed E-state index contributed by atoms with van der Waals surface area (Å²) in [5, 5.41) is 3.55. The molecule has 106 valence electrons. The highest BCUT2D eigenvalue weighted by atomic mass is 15.2. The highest BCUT2D eigenvalue weighted by Crippen LogP contribution is 2.18. The third kappa shape index (κ3) is 4.05. The fraction of sp³-hybridized carbons (Fsp3) is 0.647. The first-order chi connectivity index (χ1) is 9.35. The Morgan fingerprint density at radius 2 is 2.00 bits per heavy atom. The lowest BCUT2D eigenvalue weighted by molar-refractivity contribution is 0.157. The first-order valence-electron chi connectivity index (χ1n) is 7.86. The van der Waals surface area contributed by atoms with Gasteiger partial charge in [0.15, 0.2) is 0 Å². The number of aryl methyl sites for hydroxylation is 1. The molecule has 0 aromatic heterocycles. The molecule has 0 spiro atoms. The molecule has 0 bridgehead atoms. The van der Waals surface area contributed by atoms with E-state index in [9.17, 15) is 0 Å². The van der Waals surface area contributed by atoms with Crippen LogP contribution in [0.1, 0.15) is 44.2 Å². The van der Waals surface area contributed by atoms with Gasteiger partial charge in [-0.2, -0.15) is 0 Å². The zero-order valence-electron chi connectivity index (χ0n) is 12.5. The van der Waals surface area contributed by atoms with E-state index in [2.05, 4.69) is 48.3 Å². The zero-order chi connectivity index (χ0) is 13.5. The SMILES string of the molecule is CCCN(Cc1ccccc1CC)C1CCCNC1. The Labute approximate surface area is 118 Å². The molecule has 0 saturated carbocycles. The van der Waals surface area contributed by atoms with E-state index in [1.807, 2.05) is 0 Å². The van der Waals surface area contributed by atoms with E-state index < -0.39 is 0 Å². The molecule has 1 heterocycles. The van der Waals surface area contributed by atoms with Crippen LogP contribution in [0.25, 0.3) is 0 Å². The second kappa shape index (κ2) is 7.66. The van der Waals surface area contributed by atoms with E-state index >= 15 is 0 Å². The molecule has 0 radical (unpaired) electrons. The molecule has 2 nitrogen and oxygen atoms in total. The predicted octanol–water partition coefficient (Wildman–Crippen LogP) is 3.21. The van der Waals surface area contributed by atoms with Gasteiger partial charge < -0.3 is 5.32 Å². The summed E-state index contributed by atoms with van der Waals surface area (Å²) in [7, 11) is 0. The fourth-order valence-electron chi connectivity index (χ4n) is 3.10. The van der Waals surface area contributed by atoms with Crippen LogP contribution in [0.2, 0.25) is 0 Å². The quantitative estimate of drug-likeness (QED) is 0.845. The van der Waals surface area contributed by atoms with Crippen LogP contribution in [0.3, 0.4) is 0 Å². The van der Waals surface area contributed by atoms with E-state index in [0.29, 0.717) is 0 Å². The molecule has 19 heavy (non-hydrogen) atoms. The Balaban J connectivity index is 2.06. The molecular weight excluding hydrogens is 232 g/mol. The topological polar surface area (TPSA) is 15.3 Å². The van der Waals surface area contributed by atoms with Gasteiger partial charge >= 0.3 is 0 Å². The van der Waals surface area contributed by atoms with Crippen LogP contribution in [0, 0.1) is 0 Å². The van der Waals surface area contributed by atoms with Crippen LogP contribution in [0.5, 0.6) is 0 Å². The second-order valence-corrected chi connectivity index (χ2v) is 5.59. The maximum absolute atomic E-state index is 3.55. The van der Waals surface area contributed by atoms with Crippen molar-refractivity contribution in [2.45, 2.75) is 52.1 Å². The number of rotatable bonds is 6. The van der Waals surface area contributed by atoms with Crippen molar-refractivity contribution in [1.29, 1.82) is 0 Å². The Kier molecular flexibility index (Phi) is 5.87. The summed E-state index contributed by atoms with van der Waals surface area (Å²) in [6, 6.07) is 9.64. The molecule has 1 aromatic rings. The van der Waals surface area contributed by atoms with E-state index in [4.69, 9.17) is 0 Å². The molecule has 2 rings (SSSR count). The number of piperidine rings is 1. The normalized spacial score (nSPS) is 19.8. The molecule has 1 unspecified atom stereocenters. The third-order valence-electron chi connectivity index (χ3n) is 4.17. The van der Waals surface area contributed by atoms with Crippen molar-refractivity contribution >= 4 is 0 Å². The predicted molar refractivity (Wildman–Crippen MR) is 82.4 cm³/mol. The van der Waals surface area contributed by atoms with Crippen molar-refractivity contribution in [3.63, 3.8) is 0 Å². The smallest absolute Gasteiger partial charge is 0.0239 e. The van der Waals surface area contributed by atoms with Gasteiger partial charge in [0.1, 0.15) is 0 Å². The van der Waals surface area contributed by atoms with E-state index in [0.717, 1.165) is 25.6 Å². The second-order valence-electron chi connectivity index (χ2n) is 5.59. The summed E-state index contributed by atoms with van der Waals surface area (Å²) in [6.07, 6.45) is 5.05. The van der Waals surface area contributed by atoms with E-state index in [-0.39, 0.29) is 0 Å². The molecule has 1 saturated heterocycles. The highest BCUT2D eigenvalue weighted by Gasteiger charge is 2.20. The molecule has 1 N–H and O–H groups in total. The van der Waals surface area contributed by atoms with Crippen molar-refractivity contribution in [3.8, 4) is 0 Å². The number of hydrogen-bond donors (Lipinski definition) is 1. The average Bonchev–Trinajstić information content (AvgIpc) is 2.48. The molecule has 2 heteroatoms.